The molecule has 2 fully saturated rings. The van der Waals surface area contributed by atoms with Crippen molar-refractivity contribution in [3.8, 4) is 5.75 Å². The number of carbonyl (C=O) groups excluding carboxylic acids is 1. The summed E-state index contributed by atoms with van der Waals surface area (Å²) in [6, 6.07) is 17.4. The van der Waals surface area contributed by atoms with Crippen LogP contribution in [0.2, 0.25) is 0 Å². The van der Waals surface area contributed by atoms with Gasteiger partial charge in [-0.2, -0.15) is 0 Å². The minimum Gasteiger partial charge on any atom is -0.506 e. The zero-order valence-corrected chi connectivity index (χ0v) is 14.9. The molecule has 1 aliphatic heterocycles. The first kappa shape index (κ1) is 17.1. The highest BCUT2D eigenvalue weighted by Gasteiger charge is 2.54. The third kappa shape index (κ3) is 3.45. The average Bonchev–Trinajstić information content (AvgIpc) is 3.47. The number of amides is 1. The van der Waals surface area contributed by atoms with Gasteiger partial charge in [0.1, 0.15) is 11.3 Å². The number of anilines is 1. The minimum absolute atomic E-state index is 0.00973. The molecule has 0 spiro atoms. The molecular formula is C21H25N3O2. The molecule has 2 aromatic rings. The number of hydrogen-bond donors (Lipinski definition) is 2. The highest BCUT2D eigenvalue weighted by molar-refractivity contribution is 6.01. The first-order valence-electron chi connectivity index (χ1n) is 9.28. The van der Waals surface area contributed by atoms with Crippen molar-refractivity contribution in [1.29, 1.82) is 0 Å². The molecule has 1 amide bonds. The van der Waals surface area contributed by atoms with E-state index in [0.717, 1.165) is 45.6 Å². The van der Waals surface area contributed by atoms with Gasteiger partial charge in [-0.25, -0.2) is 0 Å². The van der Waals surface area contributed by atoms with Crippen molar-refractivity contribution >= 4 is 11.6 Å². The Bertz CT molecular complexity index is 766. The minimum atomic E-state index is -0.388. The summed E-state index contributed by atoms with van der Waals surface area (Å²) in [4.78, 5) is 17.6. The number of piperazine rings is 1. The summed E-state index contributed by atoms with van der Waals surface area (Å²) in [6.45, 7) is 4.72. The van der Waals surface area contributed by atoms with Crippen LogP contribution in [0.1, 0.15) is 18.4 Å². The van der Waals surface area contributed by atoms with Crippen LogP contribution < -0.4 is 5.32 Å². The fourth-order valence-electron chi connectivity index (χ4n) is 3.80. The van der Waals surface area contributed by atoms with Gasteiger partial charge in [0, 0.05) is 32.7 Å². The van der Waals surface area contributed by atoms with Gasteiger partial charge in [0.05, 0.1) is 5.69 Å². The van der Waals surface area contributed by atoms with Crippen molar-refractivity contribution < 1.29 is 9.90 Å². The van der Waals surface area contributed by atoms with Crippen molar-refractivity contribution in [1.82, 2.24) is 9.80 Å². The van der Waals surface area contributed by atoms with Crippen LogP contribution in [0.15, 0.2) is 54.6 Å². The smallest absolute Gasteiger partial charge is 0.245 e. The Labute approximate surface area is 154 Å². The van der Waals surface area contributed by atoms with Gasteiger partial charge < -0.3 is 10.4 Å². The Morgan fingerprint density at radius 3 is 2.27 bits per heavy atom. The number of benzene rings is 2. The molecule has 26 heavy (non-hydrogen) atoms. The molecule has 2 aromatic carbocycles. The summed E-state index contributed by atoms with van der Waals surface area (Å²) < 4.78 is 0. The quantitative estimate of drug-likeness (QED) is 0.813. The lowest BCUT2D eigenvalue weighted by Gasteiger charge is -2.39. The van der Waals surface area contributed by atoms with E-state index in [2.05, 4.69) is 39.4 Å². The number of phenolic OH excluding ortho intramolecular Hbond substituents is 1. The molecule has 2 aliphatic rings. The SMILES string of the molecule is O=C(Nc1ccccc1O)C1(N2CCN(Cc3ccccc3)CC2)CC1. The van der Waals surface area contributed by atoms with Crippen LogP contribution >= 0.6 is 0 Å². The van der Waals surface area contributed by atoms with Crippen molar-refractivity contribution in [2.75, 3.05) is 31.5 Å². The summed E-state index contributed by atoms with van der Waals surface area (Å²) in [5, 5.41) is 12.8. The molecule has 2 N–H and O–H groups in total. The van der Waals surface area contributed by atoms with E-state index in [0.29, 0.717) is 5.69 Å². The van der Waals surface area contributed by atoms with E-state index in [1.54, 1.807) is 18.2 Å². The number of nitrogens with zero attached hydrogens (tertiary/aromatic N) is 2. The van der Waals surface area contributed by atoms with E-state index in [4.69, 9.17) is 0 Å². The van der Waals surface area contributed by atoms with Crippen LogP contribution in [-0.2, 0) is 11.3 Å². The number of rotatable bonds is 5. The van der Waals surface area contributed by atoms with Crippen molar-refractivity contribution in [3.63, 3.8) is 0 Å². The van der Waals surface area contributed by atoms with Gasteiger partial charge in [-0.05, 0) is 30.5 Å². The normalized spacial score (nSPS) is 19.8. The third-order valence-corrected chi connectivity index (χ3v) is 5.53. The summed E-state index contributed by atoms with van der Waals surface area (Å²) >= 11 is 0. The van der Waals surface area contributed by atoms with Gasteiger partial charge in [0.25, 0.3) is 0 Å². The molecule has 1 saturated carbocycles. The molecular weight excluding hydrogens is 326 g/mol. The first-order valence-corrected chi connectivity index (χ1v) is 9.28. The van der Waals surface area contributed by atoms with Crippen LogP contribution in [0.3, 0.4) is 0 Å². The largest absolute Gasteiger partial charge is 0.506 e. The third-order valence-electron chi connectivity index (χ3n) is 5.53. The molecule has 0 unspecified atom stereocenters. The Morgan fingerprint density at radius 1 is 0.962 bits per heavy atom. The molecule has 136 valence electrons. The van der Waals surface area contributed by atoms with Crippen LogP contribution in [0.5, 0.6) is 5.75 Å². The second-order valence-corrected chi connectivity index (χ2v) is 7.25. The Hall–Kier alpha value is -2.37. The molecule has 5 heteroatoms. The van der Waals surface area contributed by atoms with Crippen LogP contribution in [0.25, 0.3) is 0 Å². The number of phenols is 1. The number of para-hydroxylation sites is 2. The number of aromatic hydroxyl groups is 1. The van der Waals surface area contributed by atoms with Crippen molar-refractivity contribution in [2.45, 2.75) is 24.9 Å². The molecule has 1 saturated heterocycles. The monoisotopic (exact) mass is 351 g/mol. The molecule has 4 rings (SSSR count). The Kier molecular flexibility index (Phi) is 4.66. The van der Waals surface area contributed by atoms with Crippen molar-refractivity contribution in [3.05, 3.63) is 60.2 Å². The van der Waals surface area contributed by atoms with Gasteiger partial charge in [-0.1, -0.05) is 42.5 Å². The molecule has 0 aromatic heterocycles. The second kappa shape index (κ2) is 7.09. The fourth-order valence-corrected chi connectivity index (χ4v) is 3.80. The topological polar surface area (TPSA) is 55.8 Å². The van der Waals surface area contributed by atoms with Gasteiger partial charge in [-0.15, -0.1) is 0 Å². The number of nitrogens with one attached hydrogen (secondary N) is 1. The van der Waals surface area contributed by atoms with Gasteiger partial charge in [-0.3, -0.25) is 14.6 Å². The highest BCUT2D eigenvalue weighted by Crippen LogP contribution is 2.43. The average molecular weight is 351 g/mol. The predicted octanol–water partition coefficient (Wildman–Crippen LogP) is 2.68. The van der Waals surface area contributed by atoms with E-state index in [-0.39, 0.29) is 17.2 Å². The molecule has 1 heterocycles. The molecule has 0 atom stereocenters. The van der Waals surface area contributed by atoms with Gasteiger partial charge in [0.2, 0.25) is 5.91 Å². The summed E-state index contributed by atoms with van der Waals surface area (Å²) in [6.07, 6.45) is 1.79. The Morgan fingerprint density at radius 2 is 1.62 bits per heavy atom. The van der Waals surface area contributed by atoms with E-state index >= 15 is 0 Å². The molecule has 5 nitrogen and oxygen atoms in total. The summed E-state index contributed by atoms with van der Waals surface area (Å²) in [5.41, 5.74) is 1.44. The zero-order valence-electron chi connectivity index (χ0n) is 14.9. The molecule has 0 radical (unpaired) electrons. The van der Waals surface area contributed by atoms with E-state index < -0.39 is 0 Å². The lowest BCUT2D eigenvalue weighted by atomic mass is 10.1. The van der Waals surface area contributed by atoms with Crippen LogP contribution in [0.4, 0.5) is 5.69 Å². The van der Waals surface area contributed by atoms with Crippen LogP contribution in [-0.4, -0.2) is 52.5 Å². The highest BCUT2D eigenvalue weighted by atomic mass is 16.3. The predicted molar refractivity (Wildman–Crippen MR) is 102 cm³/mol. The van der Waals surface area contributed by atoms with E-state index in [1.165, 1.54) is 5.56 Å². The van der Waals surface area contributed by atoms with Gasteiger partial charge in [0.15, 0.2) is 0 Å². The standard InChI is InChI=1S/C21H25N3O2/c25-19-9-5-4-8-18(19)22-20(26)21(10-11-21)24-14-12-23(13-15-24)16-17-6-2-1-3-7-17/h1-9,25H,10-16H2,(H,22,26). The van der Waals surface area contributed by atoms with E-state index in [1.807, 2.05) is 12.1 Å². The lowest BCUT2D eigenvalue weighted by molar-refractivity contribution is -0.123. The maximum absolute atomic E-state index is 12.8. The fraction of sp³-hybridized carbons (Fsp3) is 0.381. The molecule has 0 bridgehead atoms. The Balaban J connectivity index is 1.35. The maximum Gasteiger partial charge on any atom is 0.245 e. The van der Waals surface area contributed by atoms with Crippen LogP contribution in [0, 0.1) is 0 Å². The second-order valence-electron chi connectivity index (χ2n) is 7.25. The van der Waals surface area contributed by atoms with Crippen molar-refractivity contribution in [2.24, 2.45) is 0 Å². The summed E-state index contributed by atoms with van der Waals surface area (Å²) in [5.74, 6) is 0.125. The number of carbonyl (C=O) groups is 1. The molecule has 1 aliphatic carbocycles. The summed E-state index contributed by atoms with van der Waals surface area (Å²) in [7, 11) is 0. The number of hydrogen-bond acceptors (Lipinski definition) is 4. The van der Waals surface area contributed by atoms with E-state index in [9.17, 15) is 9.90 Å². The first-order chi connectivity index (χ1) is 12.7. The van der Waals surface area contributed by atoms with Gasteiger partial charge >= 0.3 is 0 Å². The maximum atomic E-state index is 12.8. The zero-order chi connectivity index (χ0) is 18.0. The lowest BCUT2D eigenvalue weighted by Crippen LogP contribution is -2.55.